The third-order valence-electron chi connectivity index (χ3n) is 7.13. The molecule has 2 atom stereocenters. The minimum atomic E-state index is -0.896. The Morgan fingerprint density at radius 3 is 2.59 bits per heavy atom. The van der Waals surface area contributed by atoms with Gasteiger partial charge in [-0.05, 0) is 60.9 Å². The van der Waals surface area contributed by atoms with Gasteiger partial charge in [0.2, 0.25) is 5.13 Å². The highest BCUT2D eigenvalue weighted by atomic mass is 32.2. The van der Waals surface area contributed by atoms with E-state index in [0.29, 0.717) is 33.4 Å². The van der Waals surface area contributed by atoms with E-state index in [1.165, 1.54) is 33.6 Å². The molecule has 41 heavy (non-hydrogen) atoms. The van der Waals surface area contributed by atoms with Crippen molar-refractivity contribution < 1.29 is 24.2 Å². The number of nitrogens with zero attached hydrogens (tertiary/aromatic N) is 3. The lowest BCUT2D eigenvalue weighted by molar-refractivity contribution is -0.132. The first kappa shape index (κ1) is 27.0. The van der Waals surface area contributed by atoms with Crippen molar-refractivity contribution in [2.24, 2.45) is 0 Å². The van der Waals surface area contributed by atoms with E-state index in [1.807, 2.05) is 19.9 Å². The number of aliphatic hydroxyl groups is 1. The summed E-state index contributed by atoms with van der Waals surface area (Å²) in [5.74, 6) is 0.285. The van der Waals surface area contributed by atoms with Crippen LogP contribution in [0.5, 0.6) is 11.5 Å². The number of aryl methyl sites for hydroxylation is 1. The van der Waals surface area contributed by atoms with Gasteiger partial charge in [-0.15, -0.1) is 10.2 Å². The number of ketones is 1. The topological polar surface area (TPSA) is 102 Å². The number of Topliss-reactive ketones (excluding diaryl/α,β-unsaturated/α-hetero) is 1. The number of amides is 1. The maximum Gasteiger partial charge on any atom is 0.301 e. The number of ether oxygens (including phenoxy) is 2. The molecular weight excluding hydrogens is 558 g/mol. The average Bonchev–Trinajstić information content (AvgIpc) is 3.67. The maximum absolute atomic E-state index is 13.5. The predicted octanol–water partition coefficient (Wildman–Crippen LogP) is 6.10. The minimum absolute atomic E-state index is 0.00357. The number of benzene rings is 3. The van der Waals surface area contributed by atoms with Gasteiger partial charge < -0.3 is 14.6 Å². The number of anilines is 1. The molecule has 6 rings (SSSR count). The number of aliphatic hydroxyl groups excluding tert-OH is 1. The van der Waals surface area contributed by atoms with Gasteiger partial charge in [0.15, 0.2) is 4.34 Å². The lowest BCUT2D eigenvalue weighted by Gasteiger charge is -2.22. The highest BCUT2D eigenvalue weighted by molar-refractivity contribution is 8.00. The van der Waals surface area contributed by atoms with E-state index in [4.69, 9.17) is 9.47 Å². The van der Waals surface area contributed by atoms with Crippen LogP contribution in [0.2, 0.25) is 0 Å². The lowest BCUT2D eigenvalue weighted by Crippen LogP contribution is -2.29. The number of hydrogen-bond donors (Lipinski definition) is 1. The molecule has 0 bridgehead atoms. The van der Waals surface area contributed by atoms with Crippen LogP contribution in [0.3, 0.4) is 0 Å². The van der Waals surface area contributed by atoms with Gasteiger partial charge >= 0.3 is 5.91 Å². The molecule has 1 amide bonds. The minimum Gasteiger partial charge on any atom is -0.507 e. The summed E-state index contributed by atoms with van der Waals surface area (Å²) in [6.07, 6.45) is 0.725. The van der Waals surface area contributed by atoms with E-state index in [-0.39, 0.29) is 22.6 Å². The van der Waals surface area contributed by atoms with Gasteiger partial charge in [-0.2, -0.15) is 0 Å². The van der Waals surface area contributed by atoms with Crippen molar-refractivity contribution in [2.75, 3.05) is 12.0 Å². The normalized spacial score (nSPS) is 19.3. The summed E-state index contributed by atoms with van der Waals surface area (Å²) in [5, 5.41) is 20.4. The number of hydrogen-bond acceptors (Lipinski definition) is 9. The second-order valence-electron chi connectivity index (χ2n) is 10.0. The molecule has 2 aliphatic rings. The summed E-state index contributed by atoms with van der Waals surface area (Å²) < 4.78 is 11.8. The fraction of sp³-hybridized carbons (Fsp3) is 0.226. The first-order valence-corrected chi connectivity index (χ1v) is 14.9. The summed E-state index contributed by atoms with van der Waals surface area (Å²) >= 11 is 2.75. The molecule has 1 saturated heterocycles. The van der Waals surface area contributed by atoms with Crippen LogP contribution in [0.1, 0.15) is 40.8 Å². The Morgan fingerprint density at radius 2 is 1.85 bits per heavy atom. The number of rotatable bonds is 7. The SMILES string of the molecule is COc1ccc([C@@H]2C(=C(O)c3ccc4c(c3)C[C@H](C)O4)C(=O)C(=O)N2c2nnc(SCc3ccc(C)cc3)s2)cc1. The first-order chi connectivity index (χ1) is 19.8. The summed E-state index contributed by atoms with van der Waals surface area (Å²) in [5.41, 5.74) is 4.35. The lowest BCUT2D eigenvalue weighted by atomic mass is 9.94. The number of thioether (sulfide) groups is 1. The molecular formula is C31H27N3O5S2. The van der Waals surface area contributed by atoms with E-state index >= 15 is 0 Å². The molecule has 8 nitrogen and oxygen atoms in total. The Hall–Kier alpha value is -4.15. The van der Waals surface area contributed by atoms with Gasteiger partial charge in [0.1, 0.15) is 23.4 Å². The monoisotopic (exact) mass is 585 g/mol. The summed E-state index contributed by atoms with van der Waals surface area (Å²) in [4.78, 5) is 28.4. The van der Waals surface area contributed by atoms with Gasteiger partial charge in [0.25, 0.3) is 5.78 Å². The standard InChI is InChI=1S/C31H27N3O5S2/c1-17-4-6-19(7-5-17)16-40-31-33-32-30(41-31)34-26(20-8-11-23(38-3)12-9-20)25(28(36)29(34)37)27(35)21-10-13-24-22(15-21)14-18(2)39-24/h4-13,15,18,26,35H,14,16H2,1-3H3/t18-,26+/m0/s1. The zero-order chi connectivity index (χ0) is 28.7. The molecule has 3 heterocycles. The number of aromatic nitrogens is 2. The van der Waals surface area contributed by atoms with Crippen LogP contribution >= 0.6 is 23.1 Å². The fourth-order valence-electron chi connectivity index (χ4n) is 5.04. The molecule has 0 aliphatic carbocycles. The second kappa shape index (κ2) is 11.0. The Kier molecular flexibility index (Phi) is 7.27. The Labute approximate surface area is 245 Å². The number of carbonyl (C=O) groups excluding carboxylic acids is 2. The summed E-state index contributed by atoms with van der Waals surface area (Å²) in [6.45, 7) is 4.02. The highest BCUT2D eigenvalue weighted by Crippen LogP contribution is 2.45. The predicted molar refractivity (Wildman–Crippen MR) is 159 cm³/mol. The zero-order valence-corrected chi connectivity index (χ0v) is 24.3. The maximum atomic E-state index is 13.5. The largest absolute Gasteiger partial charge is 0.507 e. The molecule has 1 N–H and O–H groups in total. The van der Waals surface area contributed by atoms with Crippen molar-refractivity contribution in [3.05, 3.63) is 100 Å². The molecule has 4 aromatic rings. The number of carbonyl (C=O) groups is 2. The van der Waals surface area contributed by atoms with Crippen molar-refractivity contribution in [2.45, 2.75) is 42.5 Å². The molecule has 0 unspecified atom stereocenters. The number of fused-ring (bicyclic) bond motifs is 1. The third-order valence-corrected chi connectivity index (χ3v) is 9.26. The molecule has 1 aromatic heterocycles. The molecule has 0 saturated carbocycles. The van der Waals surface area contributed by atoms with Crippen molar-refractivity contribution in [1.82, 2.24) is 10.2 Å². The third kappa shape index (κ3) is 5.20. The average molecular weight is 586 g/mol. The van der Waals surface area contributed by atoms with E-state index < -0.39 is 17.7 Å². The zero-order valence-electron chi connectivity index (χ0n) is 22.7. The summed E-state index contributed by atoms with van der Waals surface area (Å²) in [6, 6.07) is 19.7. The van der Waals surface area contributed by atoms with Gasteiger partial charge in [-0.25, -0.2) is 0 Å². The van der Waals surface area contributed by atoms with Gasteiger partial charge in [0, 0.05) is 17.7 Å². The van der Waals surface area contributed by atoms with Gasteiger partial charge in [-0.1, -0.05) is 65.1 Å². The van der Waals surface area contributed by atoms with Crippen LogP contribution < -0.4 is 14.4 Å². The van der Waals surface area contributed by atoms with Gasteiger partial charge in [-0.3, -0.25) is 14.5 Å². The van der Waals surface area contributed by atoms with Crippen molar-refractivity contribution in [3.8, 4) is 11.5 Å². The fourth-order valence-corrected chi connectivity index (χ4v) is 6.87. The van der Waals surface area contributed by atoms with Crippen LogP contribution in [-0.2, 0) is 21.8 Å². The van der Waals surface area contributed by atoms with Crippen molar-refractivity contribution >= 4 is 45.7 Å². The first-order valence-electron chi connectivity index (χ1n) is 13.1. The molecule has 3 aromatic carbocycles. The smallest absolute Gasteiger partial charge is 0.301 e. The Morgan fingerprint density at radius 1 is 1.10 bits per heavy atom. The van der Waals surface area contributed by atoms with E-state index in [0.717, 1.165) is 16.9 Å². The van der Waals surface area contributed by atoms with Gasteiger partial charge in [0.05, 0.1) is 18.7 Å². The second-order valence-corrected chi connectivity index (χ2v) is 12.2. The van der Waals surface area contributed by atoms with Crippen molar-refractivity contribution in [1.29, 1.82) is 0 Å². The van der Waals surface area contributed by atoms with E-state index in [2.05, 4.69) is 34.5 Å². The van der Waals surface area contributed by atoms with E-state index in [9.17, 15) is 14.7 Å². The Bertz CT molecular complexity index is 1660. The number of methoxy groups -OCH3 is 1. The van der Waals surface area contributed by atoms with Crippen LogP contribution in [0.15, 0.2) is 76.6 Å². The molecule has 2 aliphatic heterocycles. The quantitative estimate of drug-likeness (QED) is 0.0913. The molecule has 0 radical (unpaired) electrons. The van der Waals surface area contributed by atoms with Crippen LogP contribution in [0.25, 0.3) is 5.76 Å². The molecule has 208 valence electrons. The Balaban J connectivity index is 1.38. The summed E-state index contributed by atoms with van der Waals surface area (Å²) in [7, 11) is 1.57. The molecule has 0 spiro atoms. The van der Waals surface area contributed by atoms with Crippen molar-refractivity contribution in [3.63, 3.8) is 0 Å². The van der Waals surface area contributed by atoms with E-state index in [1.54, 1.807) is 43.5 Å². The highest BCUT2D eigenvalue weighted by Gasteiger charge is 2.48. The van der Waals surface area contributed by atoms with Crippen LogP contribution in [-0.4, -0.2) is 40.2 Å². The molecule has 10 heteroatoms. The van der Waals surface area contributed by atoms with Crippen LogP contribution in [0, 0.1) is 6.92 Å². The van der Waals surface area contributed by atoms with Crippen LogP contribution in [0.4, 0.5) is 5.13 Å². The molecule has 1 fully saturated rings.